The number of carbonyl (C=O) groups is 1. The van der Waals surface area contributed by atoms with E-state index in [1.807, 2.05) is 12.1 Å². The Kier molecular flexibility index (Phi) is 3.47. The maximum atomic E-state index is 11.3. The third-order valence-corrected chi connectivity index (χ3v) is 2.89. The number of benzene rings is 1. The molecule has 1 amide bonds. The van der Waals surface area contributed by atoms with Crippen LogP contribution in [0.4, 0.5) is 0 Å². The summed E-state index contributed by atoms with van der Waals surface area (Å²) in [7, 11) is 1.67. The van der Waals surface area contributed by atoms with Gasteiger partial charge in [-0.3, -0.25) is 14.8 Å². The summed E-state index contributed by atoms with van der Waals surface area (Å²) in [6.07, 6.45) is 1.85. The van der Waals surface area contributed by atoms with Gasteiger partial charge in [0.05, 0.1) is 5.52 Å². The second-order valence-electron chi connectivity index (χ2n) is 4.15. The van der Waals surface area contributed by atoms with E-state index in [4.69, 9.17) is 10.3 Å². The van der Waals surface area contributed by atoms with Crippen LogP contribution in [-0.2, 0) is 18.3 Å². The zero-order valence-electron chi connectivity index (χ0n) is 10.1. The van der Waals surface area contributed by atoms with Crippen molar-refractivity contribution in [3.05, 3.63) is 34.3 Å². The van der Waals surface area contributed by atoms with Gasteiger partial charge < -0.3 is 4.42 Å². The second-order valence-corrected chi connectivity index (χ2v) is 4.15. The summed E-state index contributed by atoms with van der Waals surface area (Å²) < 4.78 is 6.50. The van der Waals surface area contributed by atoms with E-state index in [2.05, 4.69) is 5.43 Å². The molecule has 0 radical (unpaired) electrons. The van der Waals surface area contributed by atoms with Crippen LogP contribution < -0.4 is 17.0 Å². The molecule has 6 nitrogen and oxygen atoms in total. The maximum Gasteiger partial charge on any atom is 0.419 e. The molecule has 6 heteroatoms. The fourth-order valence-corrected chi connectivity index (χ4v) is 1.85. The highest BCUT2D eigenvalue weighted by atomic mass is 16.4. The van der Waals surface area contributed by atoms with Crippen LogP contribution in [0.2, 0.25) is 0 Å². The van der Waals surface area contributed by atoms with Gasteiger partial charge in [-0.05, 0) is 30.5 Å². The molecule has 0 atom stereocenters. The summed E-state index contributed by atoms with van der Waals surface area (Å²) in [5, 5.41) is 0. The van der Waals surface area contributed by atoms with Crippen molar-refractivity contribution in [2.75, 3.05) is 0 Å². The van der Waals surface area contributed by atoms with Crippen molar-refractivity contribution in [3.8, 4) is 0 Å². The molecule has 18 heavy (non-hydrogen) atoms. The lowest BCUT2D eigenvalue weighted by molar-refractivity contribution is -0.121. The molecule has 0 aliphatic heterocycles. The Morgan fingerprint density at radius 2 is 2.28 bits per heavy atom. The standard InChI is InChI=1S/C12H15N3O3/c1-15-9-7-8(3-2-4-11(16)14-13)5-6-10(9)18-12(15)17/h5-7H,2-4,13H2,1H3,(H,14,16). The molecule has 2 rings (SSSR count). The quantitative estimate of drug-likeness (QED) is 0.467. The lowest BCUT2D eigenvalue weighted by Gasteiger charge is -2.01. The van der Waals surface area contributed by atoms with Crippen LogP contribution in [0, 0.1) is 0 Å². The first-order chi connectivity index (χ1) is 8.61. The molecule has 2 aromatic rings. The first-order valence-corrected chi connectivity index (χ1v) is 5.69. The van der Waals surface area contributed by atoms with E-state index in [9.17, 15) is 9.59 Å². The molecule has 1 aromatic heterocycles. The second kappa shape index (κ2) is 5.05. The number of hydrazine groups is 1. The van der Waals surface area contributed by atoms with Crippen LogP contribution in [0.3, 0.4) is 0 Å². The van der Waals surface area contributed by atoms with Gasteiger partial charge in [-0.25, -0.2) is 10.6 Å². The zero-order valence-corrected chi connectivity index (χ0v) is 10.1. The number of hydrogen-bond donors (Lipinski definition) is 2. The van der Waals surface area contributed by atoms with Crippen molar-refractivity contribution in [1.82, 2.24) is 9.99 Å². The maximum absolute atomic E-state index is 11.3. The molecule has 0 fully saturated rings. The number of hydrogen-bond acceptors (Lipinski definition) is 4. The number of oxazole rings is 1. The fourth-order valence-electron chi connectivity index (χ4n) is 1.85. The molecule has 0 bridgehead atoms. The highest BCUT2D eigenvalue weighted by Crippen LogP contribution is 2.15. The third kappa shape index (κ3) is 2.43. The number of nitrogens with zero attached hydrogens (tertiary/aromatic N) is 1. The van der Waals surface area contributed by atoms with Crippen molar-refractivity contribution in [2.24, 2.45) is 12.9 Å². The first kappa shape index (κ1) is 12.4. The number of aromatic nitrogens is 1. The van der Waals surface area contributed by atoms with Gasteiger partial charge in [0.1, 0.15) is 0 Å². The van der Waals surface area contributed by atoms with Gasteiger partial charge in [0.2, 0.25) is 5.91 Å². The molecular weight excluding hydrogens is 234 g/mol. The number of nitrogens with two attached hydrogens (primary N) is 1. The van der Waals surface area contributed by atoms with E-state index >= 15 is 0 Å². The molecule has 0 unspecified atom stereocenters. The Balaban J connectivity index is 2.12. The third-order valence-electron chi connectivity index (χ3n) is 2.89. The smallest absolute Gasteiger partial charge is 0.408 e. The molecule has 1 aromatic carbocycles. The van der Waals surface area contributed by atoms with Crippen molar-refractivity contribution in [1.29, 1.82) is 0 Å². The molecule has 3 N–H and O–H groups in total. The monoisotopic (exact) mass is 249 g/mol. The highest BCUT2D eigenvalue weighted by molar-refractivity contribution is 5.75. The Bertz CT molecular complexity index is 627. The van der Waals surface area contributed by atoms with E-state index in [-0.39, 0.29) is 11.7 Å². The lowest BCUT2D eigenvalue weighted by Crippen LogP contribution is -2.29. The van der Waals surface area contributed by atoms with E-state index in [1.54, 1.807) is 13.1 Å². The molecule has 0 aliphatic carbocycles. The lowest BCUT2D eigenvalue weighted by atomic mass is 10.1. The molecular formula is C12H15N3O3. The van der Waals surface area contributed by atoms with Crippen molar-refractivity contribution in [3.63, 3.8) is 0 Å². The minimum Gasteiger partial charge on any atom is -0.408 e. The van der Waals surface area contributed by atoms with E-state index in [0.29, 0.717) is 18.4 Å². The van der Waals surface area contributed by atoms with Crippen LogP contribution >= 0.6 is 0 Å². The van der Waals surface area contributed by atoms with Gasteiger partial charge in [-0.1, -0.05) is 6.07 Å². The van der Waals surface area contributed by atoms with Gasteiger partial charge in [-0.15, -0.1) is 0 Å². The predicted molar refractivity (Wildman–Crippen MR) is 66.7 cm³/mol. The van der Waals surface area contributed by atoms with Gasteiger partial charge in [0, 0.05) is 13.5 Å². The topological polar surface area (TPSA) is 90.3 Å². The molecule has 96 valence electrons. The molecule has 0 saturated heterocycles. The highest BCUT2D eigenvalue weighted by Gasteiger charge is 2.06. The summed E-state index contributed by atoms with van der Waals surface area (Å²) in [4.78, 5) is 22.3. The number of carbonyl (C=O) groups excluding carboxylic acids is 1. The summed E-state index contributed by atoms with van der Waals surface area (Å²) in [5.41, 5.74) is 4.49. The van der Waals surface area contributed by atoms with Crippen molar-refractivity contribution >= 4 is 17.0 Å². The molecule has 1 heterocycles. The molecule has 0 saturated carbocycles. The number of nitrogens with one attached hydrogen (secondary N) is 1. The first-order valence-electron chi connectivity index (χ1n) is 5.69. The zero-order chi connectivity index (χ0) is 13.1. The normalized spacial score (nSPS) is 10.8. The number of amides is 1. The van der Waals surface area contributed by atoms with Crippen LogP contribution in [0.5, 0.6) is 0 Å². The van der Waals surface area contributed by atoms with Crippen LogP contribution in [0.25, 0.3) is 11.1 Å². The van der Waals surface area contributed by atoms with E-state index in [0.717, 1.165) is 17.5 Å². The Morgan fingerprint density at radius 3 is 3.00 bits per heavy atom. The van der Waals surface area contributed by atoms with E-state index in [1.165, 1.54) is 4.57 Å². The number of aryl methyl sites for hydroxylation is 2. The van der Waals surface area contributed by atoms with Gasteiger partial charge >= 0.3 is 5.76 Å². The van der Waals surface area contributed by atoms with Crippen LogP contribution in [-0.4, -0.2) is 10.5 Å². The fraction of sp³-hybridized carbons (Fsp3) is 0.333. The summed E-state index contributed by atoms with van der Waals surface area (Å²) in [6.45, 7) is 0. The summed E-state index contributed by atoms with van der Waals surface area (Å²) in [6, 6.07) is 5.57. The van der Waals surface area contributed by atoms with Crippen molar-refractivity contribution in [2.45, 2.75) is 19.3 Å². The van der Waals surface area contributed by atoms with Crippen LogP contribution in [0.1, 0.15) is 18.4 Å². The summed E-state index contributed by atoms with van der Waals surface area (Å²) >= 11 is 0. The van der Waals surface area contributed by atoms with Gasteiger partial charge in [-0.2, -0.15) is 0 Å². The van der Waals surface area contributed by atoms with Gasteiger partial charge in [0.25, 0.3) is 0 Å². The molecule has 0 aliphatic rings. The van der Waals surface area contributed by atoms with Gasteiger partial charge in [0.15, 0.2) is 5.58 Å². The average molecular weight is 249 g/mol. The van der Waals surface area contributed by atoms with Crippen molar-refractivity contribution < 1.29 is 9.21 Å². The van der Waals surface area contributed by atoms with E-state index < -0.39 is 0 Å². The predicted octanol–water partition coefficient (Wildman–Crippen LogP) is 0.444. The number of rotatable bonds is 4. The largest absolute Gasteiger partial charge is 0.419 e. The minimum atomic E-state index is -0.371. The minimum absolute atomic E-state index is 0.174. The Hall–Kier alpha value is -2.08. The SMILES string of the molecule is Cn1c(=O)oc2ccc(CCCC(=O)NN)cc21. The Morgan fingerprint density at radius 1 is 1.50 bits per heavy atom. The number of fused-ring (bicyclic) bond motifs is 1. The average Bonchev–Trinajstić information content (AvgIpc) is 2.65. The molecule has 0 spiro atoms. The summed E-state index contributed by atoms with van der Waals surface area (Å²) in [5.74, 6) is 4.45. The Labute approximate surface area is 103 Å². The van der Waals surface area contributed by atoms with Crippen LogP contribution in [0.15, 0.2) is 27.4 Å².